The highest BCUT2D eigenvalue weighted by atomic mass is 32.2. The van der Waals surface area contributed by atoms with Gasteiger partial charge in [-0.1, -0.05) is 43.7 Å². The quantitative estimate of drug-likeness (QED) is 0.308. The zero-order valence-electron chi connectivity index (χ0n) is 17.2. The maximum absolute atomic E-state index is 13.3. The molecule has 2 aromatic carbocycles. The van der Waals surface area contributed by atoms with Gasteiger partial charge in [0.05, 0.1) is 23.2 Å². The highest BCUT2D eigenvalue weighted by Crippen LogP contribution is 2.39. The molecule has 0 radical (unpaired) electrons. The third-order valence-corrected chi connectivity index (χ3v) is 6.39. The molecular weight excluding hydrogens is 447 g/mol. The first kappa shape index (κ1) is 23.7. The Morgan fingerprint density at radius 1 is 1.16 bits per heavy atom. The van der Waals surface area contributed by atoms with E-state index in [1.54, 1.807) is 30.3 Å². The third-order valence-electron chi connectivity index (χ3n) is 4.86. The summed E-state index contributed by atoms with van der Waals surface area (Å²) in [7, 11) is -4.26. The van der Waals surface area contributed by atoms with Gasteiger partial charge in [-0.15, -0.1) is 4.47 Å². The van der Waals surface area contributed by atoms with Crippen LogP contribution in [0.1, 0.15) is 37.8 Å². The first-order valence-corrected chi connectivity index (χ1v) is 11.3. The number of hydrogen-bond acceptors (Lipinski definition) is 6. The van der Waals surface area contributed by atoms with Crippen molar-refractivity contribution < 1.29 is 31.2 Å². The minimum Gasteiger partial charge on any atom is -0.275 e. The van der Waals surface area contributed by atoms with E-state index in [0.717, 1.165) is 6.42 Å². The fraction of sp³-hybridized carbons (Fsp3) is 0.333. The number of nitrogens with zero attached hydrogens (tertiary/aromatic N) is 3. The molecule has 3 rings (SSSR count). The van der Waals surface area contributed by atoms with E-state index in [-0.39, 0.29) is 34.5 Å². The summed E-state index contributed by atoms with van der Waals surface area (Å²) in [5.41, 5.74) is 0.00441. The monoisotopic (exact) mass is 469 g/mol. The van der Waals surface area contributed by atoms with E-state index in [4.69, 9.17) is 4.84 Å². The van der Waals surface area contributed by atoms with Gasteiger partial charge in [0, 0.05) is 6.42 Å². The van der Waals surface area contributed by atoms with Crippen LogP contribution in [0.15, 0.2) is 64.6 Å². The van der Waals surface area contributed by atoms with Gasteiger partial charge in [0.1, 0.15) is 5.71 Å². The van der Waals surface area contributed by atoms with Crippen molar-refractivity contribution >= 4 is 27.8 Å². The predicted octanol–water partition coefficient (Wildman–Crippen LogP) is 4.44. The number of rotatable bonds is 9. The standard InChI is InChI=1S/C21H22F3N3O4S/c1-2-3-13-31-26(15-28)32(29,30)18-11-9-17(10-12-18)27-19(16-7-5-4-6-8-16)14-20(25-27)21(22,23)24/h4-12,15,19H,2-3,13-14H2,1H3. The van der Waals surface area contributed by atoms with Crippen LogP contribution in [0.25, 0.3) is 0 Å². The van der Waals surface area contributed by atoms with Crippen molar-refractivity contribution in [2.45, 2.75) is 43.3 Å². The van der Waals surface area contributed by atoms with E-state index in [9.17, 15) is 26.4 Å². The molecule has 2 aromatic rings. The Morgan fingerprint density at radius 3 is 2.38 bits per heavy atom. The zero-order valence-corrected chi connectivity index (χ0v) is 18.0. The summed E-state index contributed by atoms with van der Waals surface area (Å²) >= 11 is 0. The van der Waals surface area contributed by atoms with Gasteiger partial charge in [-0.2, -0.15) is 26.7 Å². The molecule has 1 heterocycles. The van der Waals surface area contributed by atoms with Crippen molar-refractivity contribution in [3.8, 4) is 0 Å². The van der Waals surface area contributed by atoms with E-state index >= 15 is 0 Å². The summed E-state index contributed by atoms with van der Waals surface area (Å²) in [4.78, 5) is 16.0. The van der Waals surface area contributed by atoms with Gasteiger partial charge in [0.15, 0.2) is 0 Å². The number of hydrazone groups is 1. The largest absolute Gasteiger partial charge is 0.431 e. The van der Waals surface area contributed by atoms with Crippen LogP contribution in [0.3, 0.4) is 0 Å². The fourth-order valence-corrected chi connectivity index (χ4v) is 4.20. The smallest absolute Gasteiger partial charge is 0.275 e. The molecule has 1 amide bonds. The highest BCUT2D eigenvalue weighted by molar-refractivity contribution is 7.89. The van der Waals surface area contributed by atoms with Crippen LogP contribution in [0.5, 0.6) is 0 Å². The Bertz CT molecular complexity index is 1060. The Kier molecular flexibility index (Phi) is 7.19. The number of carbonyl (C=O) groups is 1. The van der Waals surface area contributed by atoms with Crippen molar-refractivity contribution in [2.75, 3.05) is 11.6 Å². The molecule has 0 bridgehead atoms. The van der Waals surface area contributed by atoms with E-state index in [1.165, 1.54) is 29.3 Å². The molecule has 0 aliphatic carbocycles. The van der Waals surface area contributed by atoms with Crippen molar-refractivity contribution in [2.24, 2.45) is 5.10 Å². The Hall–Kier alpha value is -2.92. The summed E-state index contributed by atoms with van der Waals surface area (Å²) in [5.74, 6) is 0. The van der Waals surface area contributed by atoms with E-state index in [0.29, 0.717) is 12.0 Å². The summed E-state index contributed by atoms with van der Waals surface area (Å²) < 4.78 is 65.5. The lowest BCUT2D eigenvalue weighted by molar-refractivity contribution is -0.144. The number of sulfonamides is 1. The second kappa shape index (κ2) is 9.70. The van der Waals surface area contributed by atoms with Crippen LogP contribution < -0.4 is 5.01 Å². The number of halogens is 3. The van der Waals surface area contributed by atoms with Gasteiger partial charge >= 0.3 is 6.18 Å². The molecule has 1 unspecified atom stereocenters. The first-order chi connectivity index (χ1) is 15.2. The molecule has 1 aliphatic heterocycles. The predicted molar refractivity (Wildman–Crippen MR) is 112 cm³/mol. The molecule has 7 nitrogen and oxygen atoms in total. The average molecular weight is 469 g/mol. The van der Waals surface area contributed by atoms with Crippen LogP contribution in [-0.4, -0.2) is 37.8 Å². The van der Waals surface area contributed by atoms with E-state index < -0.39 is 28.0 Å². The van der Waals surface area contributed by atoms with Crippen LogP contribution in [0.4, 0.5) is 18.9 Å². The Balaban J connectivity index is 1.90. The molecule has 0 aromatic heterocycles. The number of alkyl halides is 3. The van der Waals surface area contributed by atoms with E-state index in [2.05, 4.69) is 5.10 Å². The number of anilines is 1. The first-order valence-electron chi connectivity index (χ1n) is 9.90. The molecule has 172 valence electrons. The lowest BCUT2D eigenvalue weighted by atomic mass is 10.0. The Labute approximate surface area is 184 Å². The molecule has 11 heteroatoms. The van der Waals surface area contributed by atoms with E-state index in [1.807, 2.05) is 6.92 Å². The minimum atomic E-state index is -4.58. The van der Waals surface area contributed by atoms with Crippen LogP contribution in [0.2, 0.25) is 0 Å². The van der Waals surface area contributed by atoms with Crippen molar-refractivity contribution in [1.29, 1.82) is 0 Å². The molecule has 0 fully saturated rings. The number of unbranched alkanes of at least 4 members (excludes halogenated alkanes) is 1. The number of hydroxylamine groups is 1. The lowest BCUT2D eigenvalue weighted by Gasteiger charge is -2.24. The van der Waals surface area contributed by atoms with Gasteiger partial charge in [0.2, 0.25) is 6.41 Å². The molecular formula is C21H22F3N3O4S. The second-order valence-corrected chi connectivity index (χ2v) is 8.85. The van der Waals surface area contributed by atoms with Crippen molar-refractivity contribution in [3.05, 3.63) is 60.2 Å². The van der Waals surface area contributed by atoms with Crippen LogP contribution in [-0.2, 0) is 19.7 Å². The van der Waals surface area contributed by atoms with Gasteiger partial charge in [0.25, 0.3) is 10.0 Å². The van der Waals surface area contributed by atoms with Gasteiger partial charge in [-0.05, 0) is 36.2 Å². The van der Waals surface area contributed by atoms with Gasteiger partial charge < -0.3 is 0 Å². The fourth-order valence-electron chi connectivity index (χ4n) is 3.18. The number of hydrogen-bond donors (Lipinski definition) is 0. The van der Waals surface area contributed by atoms with Crippen LogP contribution >= 0.6 is 0 Å². The van der Waals surface area contributed by atoms with Gasteiger partial charge in [-0.25, -0.2) is 0 Å². The molecule has 1 atom stereocenters. The number of amides is 1. The summed E-state index contributed by atoms with van der Waals surface area (Å²) in [6, 6.07) is 13.0. The van der Waals surface area contributed by atoms with Crippen molar-refractivity contribution in [3.63, 3.8) is 0 Å². The second-order valence-electron chi connectivity index (χ2n) is 7.07. The zero-order chi connectivity index (χ0) is 23.4. The Morgan fingerprint density at radius 2 is 1.81 bits per heavy atom. The lowest BCUT2D eigenvalue weighted by Crippen LogP contribution is -2.30. The topological polar surface area (TPSA) is 79.3 Å². The molecule has 0 saturated heterocycles. The molecule has 1 aliphatic rings. The SMILES string of the molecule is CCCCON(C=O)S(=O)(=O)c1ccc(N2N=C(C(F)(F)F)CC2c2ccccc2)cc1. The molecule has 0 spiro atoms. The minimum absolute atomic E-state index is 0.0496. The van der Waals surface area contributed by atoms with Gasteiger partial charge in [-0.3, -0.25) is 14.6 Å². The molecule has 0 N–H and O–H groups in total. The average Bonchev–Trinajstić information content (AvgIpc) is 3.23. The summed E-state index contributed by atoms with van der Waals surface area (Å²) in [6.45, 7) is 1.93. The normalized spacial score (nSPS) is 16.7. The maximum Gasteiger partial charge on any atom is 0.431 e. The summed E-state index contributed by atoms with van der Waals surface area (Å²) in [6.07, 6.45) is -3.54. The molecule has 0 saturated carbocycles. The van der Waals surface area contributed by atoms with Crippen LogP contribution in [0, 0.1) is 0 Å². The summed E-state index contributed by atoms with van der Waals surface area (Å²) in [5, 5.41) is 4.99. The maximum atomic E-state index is 13.3. The number of benzene rings is 2. The molecule has 32 heavy (non-hydrogen) atoms. The van der Waals surface area contributed by atoms with Crippen molar-refractivity contribution in [1.82, 2.24) is 4.47 Å². The number of carbonyl (C=O) groups excluding carboxylic acids is 1. The highest BCUT2D eigenvalue weighted by Gasteiger charge is 2.43. The third kappa shape index (κ3) is 5.10.